The van der Waals surface area contributed by atoms with E-state index in [4.69, 9.17) is 0 Å². The first-order valence-electron chi connectivity index (χ1n) is 2.84. The molecule has 62 valence electrons. The summed E-state index contributed by atoms with van der Waals surface area (Å²) < 4.78 is 1.41. The summed E-state index contributed by atoms with van der Waals surface area (Å²) in [7, 11) is 0. The van der Waals surface area contributed by atoms with Crippen molar-refractivity contribution in [2.45, 2.75) is 0 Å². The van der Waals surface area contributed by atoms with Crippen LogP contribution in [-0.4, -0.2) is 28.3 Å². The van der Waals surface area contributed by atoms with Gasteiger partial charge in [0.25, 0.3) is 0 Å². The van der Waals surface area contributed by atoms with E-state index in [9.17, 15) is 9.59 Å². The van der Waals surface area contributed by atoms with Gasteiger partial charge >= 0.3 is 5.91 Å². The number of Topliss-reactive ketones (excluding diaryl/α,β-unsaturated/α-hetero) is 1. The second-order valence-electron chi connectivity index (χ2n) is 1.85. The predicted molar refractivity (Wildman–Crippen MR) is 46.6 cm³/mol. The van der Waals surface area contributed by atoms with E-state index in [1.54, 1.807) is 6.08 Å². The van der Waals surface area contributed by atoms with Crippen molar-refractivity contribution in [3.8, 4) is 0 Å². The molecule has 1 amide bonds. The van der Waals surface area contributed by atoms with Gasteiger partial charge in [0.2, 0.25) is 5.78 Å². The van der Waals surface area contributed by atoms with Crippen LogP contribution < -0.4 is 0 Å². The van der Waals surface area contributed by atoms with Gasteiger partial charge in [-0.2, -0.15) is 0 Å². The minimum Gasteiger partial charge on any atom is -0.288 e. The largest absolute Gasteiger partial charge is 0.301 e. The number of ketones is 1. The van der Waals surface area contributed by atoms with Gasteiger partial charge in [-0.25, -0.2) is 0 Å². The third-order valence-corrected chi connectivity index (χ3v) is 2.13. The number of halogens is 1. The van der Waals surface area contributed by atoms with Gasteiger partial charge in [-0.15, -0.1) is 19.0 Å². The molecule has 3 nitrogen and oxygen atoms in total. The van der Waals surface area contributed by atoms with Gasteiger partial charge in [-0.05, 0) is 11.9 Å². The Morgan fingerprint density at radius 2 is 2.27 bits per heavy atom. The summed E-state index contributed by atoms with van der Waals surface area (Å²) in [5.74, 6) is -0.427. The number of rotatable bonds is 2. The van der Waals surface area contributed by atoms with Crippen molar-refractivity contribution in [1.29, 1.82) is 0 Å². The topological polar surface area (TPSA) is 37.4 Å². The Morgan fingerprint density at radius 1 is 1.64 bits per heavy atom. The Balaban J connectivity index is 0.000001000. The van der Waals surface area contributed by atoms with E-state index in [2.05, 4.69) is 6.58 Å². The third-order valence-electron chi connectivity index (χ3n) is 1.11. The lowest BCUT2D eigenvalue weighted by Gasteiger charge is -2.07. The maximum Gasteiger partial charge on any atom is 0.301 e. The van der Waals surface area contributed by atoms with Gasteiger partial charge in [0.1, 0.15) is 0 Å². The molecule has 0 atom stereocenters. The van der Waals surface area contributed by atoms with Crippen molar-refractivity contribution in [2.24, 2.45) is 0 Å². The molecule has 0 aromatic rings. The molecule has 0 radical (unpaired) electrons. The van der Waals surface area contributed by atoms with Crippen molar-refractivity contribution in [3.05, 3.63) is 12.7 Å². The van der Waals surface area contributed by atoms with E-state index in [1.165, 1.54) is 16.3 Å². The van der Waals surface area contributed by atoms with Gasteiger partial charge in [-0.1, -0.05) is 6.08 Å². The van der Waals surface area contributed by atoms with Crippen LogP contribution in [0.25, 0.3) is 0 Å². The molecular formula is C6H8ClNO2S. The zero-order chi connectivity index (χ0) is 7.56. The highest BCUT2D eigenvalue weighted by atomic mass is 35.5. The van der Waals surface area contributed by atoms with E-state index in [-0.39, 0.29) is 23.9 Å². The smallest absolute Gasteiger partial charge is 0.288 e. The minimum atomic E-state index is -0.398. The quantitative estimate of drug-likeness (QED) is 0.367. The van der Waals surface area contributed by atoms with Crippen molar-refractivity contribution >= 4 is 36.0 Å². The van der Waals surface area contributed by atoms with Crippen LogP contribution in [0.2, 0.25) is 0 Å². The molecule has 0 N–H and O–H groups in total. The summed E-state index contributed by atoms with van der Waals surface area (Å²) in [5, 5.41) is 0. The third kappa shape index (κ3) is 2.24. The second-order valence-corrected chi connectivity index (χ2v) is 2.84. The van der Waals surface area contributed by atoms with Crippen LogP contribution in [0.5, 0.6) is 0 Å². The Bertz CT molecular complexity index is 195. The number of hydrogen-bond acceptors (Lipinski definition) is 3. The summed E-state index contributed by atoms with van der Waals surface area (Å²) >= 11 is 1.25. The van der Waals surface area contributed by atoms with Gasteiger partial charge in [-0.3, -0.25) is 13.9 Å². The van der Waals surface area contributed by atoms with Crippen LogP contribution in [0, 0.1) is 0 Å². The summed E-state index contributed by atoms with van der Waals surface area (Å²) in [6, 6.07) is 0. The van der Waals surface area contributed by atoms with Gasteiger partial charge in [0, 0.05) is 0 Å². The van der Waals surface area contributed by atoms with Crippen molar-refractivity contribution in [1.82, 2.24) is 4.31 Å². The van der Waals surface area contributed by atoms with Crippen LogP contribution >= 0.6 is 24.4 Å². The Morgan fingerprint density at radius 3 is 2.64 bits per heavy atom. The van der Waals surface area contributed by atoms with Gasteiger partial charge in [0.05, 0.1) is 12.3 Å². The van der Waals surface area contributed by atoms with Crippen LogP contribution in [0.15, 0.2) is 12.7 Å². The molecule has 1 heterocycles. The fourth-order valence-electron chi connectivity index (χ4n) is 0.649. The fourth-order valence-corrected chi connectivity index (χ4v) is 1.48. The SMILES string of the molecule is C=CCN1SCC(=O)C1=O.Cl. The molecule has 0 saturated carbocycles. The molecule has 1 saturated heterocycles. The summed E-state index contributed by atoms with van der Waals surface area (Å²) in [6.07, 6.45) is 1.60. The average molecular weight is 194 g/mol. The van der Waals surface area contributed by atoms with E-state index in [1.807, 2.05) is 0 Å². The Hall–Kier alpha value is -0.480. The number of carbonyl (C=O) groups is 2. The molecule has 0 aromatic carbocycles. The number of nitrogens with zero attached hydrogens (tertiary/aromatic N) is 1. The zero-order valence-corrected chi connectivity index (χ0v) is 7.41. The number of hydrogen-bond donors (Lipinski definition) is 0. The molecule has 1 fully saturated rings. The fraction of sp³-hybridized carbons (Fsp3) is 0.333. The van der Waals surface area contributed by atoms with Gasteiger partial charge in [0.15, 0.2) is 0 Å². The van der Waals surface area contributed by atoms with Crippen molar-refractivity contribution in [2.75, 3.05) is 12.3 Å². The zero-order valence-electron chi connectivity index (χ0n) is 5.78. The molecule has 0 aromatic heterocycles. The highest BCUT2D eigenvalue weighted by Gasteiger charge is 2.28. The Kier molecular flexibility index (Phi) is 4.22. The number of amides is 1. The molecule has 0 bridgehead atoms. The van der Waals surface area contributed by atoms with Crippen LogP contribution in [0.3, 0.4) is 0 Å². The molecule has 1 aliphatic rings. The highest BCUT2D eigenvalue weighted by Crippen LogP contribution is 2.17. The lowest BCUT2D eigenvalue weighted by atomic mass is 10.4. The monoisotopic (exact) mass is 193 g/mol. The van der Waals surface area contributed by atoms with Gasteiger partial charge < -0.3 is 0 Å². The summed E-state index contributed by atoms with van der Waals surface area (Å²) in [5.41, 5.74) is 0. The lowest BCUT2D eigenvalue weighted by Crippen LogP contribution is -2.23. The first kappa shape index (κ1) is 10.5. The number of carbonyl (C=O) groups excluding carboxylic acids is 2. The van der Waals surface area contributed by atoms with Crippen molar-refractivity contribution in [3.63, 3.8) is 0 Å². The maximum atomic E-state index is 10.8. The molecule has 5 heteroatoms. The van der Waals surface area contributed by atoms with Crippen LogP contribution in [0.4, 0.5) is 0 Å². The van der Waals surface area contributed by atoms with Crippen LogP contribution in [0.1, 0.15) is 0 Å². The maximum absolute atomic E-state index is 10.8. The first-order chi connectivity index (χ1) is 4.75. The Labute approximate surface area is 75.4 Å². The summed E-state index contributed by atoms with van der Waals surface area (Å²) in [4.78, 5) is 21.4. The first-order valence-corrected chi connectivity index (χ1v) is 3.78. The normalized spacial score (nSPS) is 16.5. The minimum absolute atomic E-state index is 0. The predicted octanol–water partition coefficient (Wildman–Crippen LogP) is 0.654. The van der Waals surface area contributed by atoms with Crippen LogP contribution in [-0.2, 0) is 9.59 Å². The molecule has 11 heavy (non-hydrogen) atoms. The molecule has 0 unspecified atom stereocenters. The second kappa shape index (κ2) is 4.41. The average Bonchev–Trinajstić information content (AvgIpc) is 2.20. The highest BCUT2D eigenvalue weighted by molar-refractivity contribution is 7.99. The standard InChI is InChI=1S/C6H7NO2S.ClH/c1-2-3-7-6(9)5(8)4-10-7;/h2H,1,3-4H2;1H. The molecule has 1 rings (SSSR count). The molecule has 0 aliphatic carbocycles. The molecule has 0 spiro atoms. The summed E-state index contributed by atoms with van der Waals surface area (Å²) in [6.45, 7) is 3.92. The lowest BCUT2D eigenvalue weighted by molar-refractivity contribution is -0.138. The molecular weight excluding hydrogens is 186 g/mol. The van der Waals surface area contributed by atoms with E-state index in [0.29, 0.717) is 6.54 Å². The van der Waals surface area contributed by atoms with Crippen molar-refractivity contribution < 1.29 is 9.59 Å². The van der Waals surface area contributed by atoms with E-state index < -0.39 is 5.91 Å². The molecule has 1 aliphatic heterocycles. The van der Waals surface area contributed by atoms with E-state index >= 15 is 0 Å². The van der Waals surface area contributed by atoms with E-state index in [0.717, 1.165) is 0 Å².